The van der Waals surface area contributed by atoms with Crippen molar-refractivity contribution in [1.82, 2.24) is 4.90 Å². The van der Waals surface area contributed by atoms with E-state index < -0.39 is 12.7 Å². The highest BCUT2D eigenvalue weighted by Crippen LogP contribution is 2.17. The van der Waals surface area contributed by atoms with Crippen molar-refractivity contribution < 1.29 is 13.2 Å². The zero-order valence-corrected chi connectivity index (χ0v) is 8.23. The first-order valence-corrected chi connectivity index (χ1v) is 4.28. The lowest BCUT2D eigenvalue weighted by atomic mass is 10.2. The van der Waals surface area contributed by atoms with Crippen LogP contribution in [0.2, 0.25) is 0 Å². The molecular formula is C8H17F3N2. The molecule has 0 bridgehead atoms. The third-order valence-corrected chi connectivity index (χ3v) is 1.64. The molecule has 80 valence electrons. The monoisotopic (exact) mass is 198 g/mol. The van der Waals surface area contributed by atoms with Crippen LogP contribution in [0, 0.1) is 0 Å². The first-order valence-electron chi connectivity index (χ1n) is 4.28. The molecule has 0 saturated carbocycles. The molecule has 0 saturated heterocycles. The summed E-state index contributed by atoms with van der Waals surface area (Å²) >= 11 is 0. The van der Waals surface area contributed by atoms with Gasteiger partial charge in [-0.15, -0.1) is 0 Å². The van der Waals surface area contributed by atoms with E-state index in [1.807, 2.05) is 0 Å². The van der Waals surface area contributed by atoms with E-state index in [4.69, 9.17) is 5.73 Å². The summed E-state index contributed by atoms with van der Waals surface area (Å²) < 4.78 is 36.1. The van der Waals surface area contributed by atoms with Gasteiger partial charge in [0.15, 0.2) is 0 Å². The Labute approximate surface area is 76.9 Å². The molecule has 0 aromatic carbocycles. The Hall–Kier alpha value is -0.290. The van der Waals surface area contributed by atoms with Crippen molar-refractivity contribution in [3.8, 4) is 0 Å². The molecule has 0 rings (SSSR count). The second-order valence-corrected chi connectivity index (χ2v) is 3.62. The van der Waals surface area contributed by atoms with Gasteiger partial charge < -0.3 is 5.73 Å². The molecule has 2 N–H and O–H groups in total. The molecule has 0 heterocycles. The molecular weight excluding hydrogens is 181 g/mol. The van der Waals surface area contributed by atoms with E-state index in [2.05, 4.69) is 0 Å². The van der Waals surface area contributed by atoms with E-state index in [0.717, 1.165) is 0 Å². The van der Waals surface area contributed by atoms with Gasteiger partial charge in [-0.1, -0.05) is 0 Å². The van der Waals surface area contributed by atoms with Gasteiger partial charge >= 0.3 is 6.18 Å². The number of alkyl halides is 3. The SMILES string of the molecule is CC(C)N(C[C@H](C)N)CC(F)(F)F. The van der Waals surface area contributed by atoms with Gasteiger partial charge in [0.25, 0.3) is 0 Å². The summed E-state index contributed by atoms with van der Waals surface area (Å²) in [4.78, 5) is 1.32. The van der Waals surface area contributed by atoms with Gasteiger partial charge in [0.05, 0.1) is 6.54 Å². The van der Waals surface area contributed by atoms with Gasteiger partial charge in [-0.05, 0) is 20.8 Å². The molecule has 1 atom stereocenters. The molecule has 0 radical (unpaired) electrons. The van der Waals surface area contributed by atoms with Gasteiger partial charge in [0.1, 0.15) is 0 Å². The maximum absolute atomic E-state index is 12.0. The van der Waals surface area contributed by atoms with Crippen LogP contribution in [0.3, 0.4) is 0 Å². The molecule has 0 aliphatic heterocycles. The molecule has 0 amide bonds. The van der Waals surface area contributed by atoms with E-state index in [9.17, 15) is 13.2 Å². The Morgan fingerprint density at radius 1 is 1.23 bits per heavy atom. The summed E-state index contributed by atoms with van der Waals surface area (Å²) in [6, 6.07) is -0.364. The lowest BCUT2D eigenvalue weighted by molar-refractivity contribution is -0.149. The van der Waals surface area contributed by atoms with Crippen molar-refractivity contribution in [2.24, 2.45) is 5.73 Å². The Bertz CT molecular complexity index is 143. The minimum atomic E-state index is -4.14. The molecule has 0 aromatic heterocycles. The van der Waals surface area contributed by atoms with Gasteiger partial charge in [0, 0.05) is 18.6 Å². The fourth-order valence-corrected chi connectivity index (χ4v) is 1.06. The van der Waals surface area contributed by atoms with Crippen LogP contribution in [0.5, 0.6) is 0 Å². The predicted molar refractivity (Wildman–Crippen MR) is 46.4 cm³/mol. The highest BCUT2D eigenvalue weighted by Gasteiger charge is 2.31. The molecule has 13 heavy (non-hydrogen) atoms. The average Bonchev–Trinajstić information content (AvgIpc) is 1.81. The molecule has 0 aliphatic carbocycles. The van der Waals surface area contributed by atoms with Crippen LogP contribution in [0.4, 0.5) is 13.2 Å². The van der Waals surface area contributed by atoms with Crippen molar-refractivity contribution in [1.29, 1.82) is 0 Å². The van der Waals surface area contributed by atoms with Gasteiger partial charge in [-0.25, -0.2) is 0 Å². The van der Waals surface area contributed by atoms with E-state index >= 15 is 0 Å². The molecule has 5 heteroatoms. The third-order valence-electron chi connectivity index (χ3n) is 1.64. The normalized spacial score (nSPS) is 15.5. The van der Waals surface area contributed by atoms with Crippen LogP contribution in [0.1, 0.15) is 20.8 Å². The van der Waals surface area contributed by atoms with E-state index in [-0.39, 0.29) is 18.6 Å². The van der Waals surface area contributed by atoms with Crippen LogP contribution in [-0.4, -0.2) is 36.2 Å². The van der Waals surface area contributed by atoms with Gasteiger partial charge in [-0.2, -0.15) is 13.2 Å². The highest BCUT2D eigenvalue weighted by atomic mass is 19.4. The maximum atomic E-state index is 12.0. The topological polar surface area (TPSA) is 29.3 Å². The summed E-state index contributed by atoms with van der Waals surface area (Å²) in [5.41, 5.74) is 5.44. The molecule has 2 nitrogen and oxygen atoms in total. The van der Waals surface area contributed by atoms with Crippen LogP contribution in [0.25, 0.3) is 0 Å². The largest absolute Gasteiger partial charge is 0.401 e. The van der Waals surface area contributed by atoms with Crippen molar-refractivity contribution in [3.63, 3.8) is 0 Å². The maximum Gasteiger partial charge on any atom is 0.401 e. The number of nitrogens with two attached hydrogens (primary N) is 1. The number of hydrogen-bond donors (Lipinski definition) is 1. The molecule has 0 fully saturated rings. The second-order valence-electron chi connectivity index (χ2n) is 3.62. The van der Waals surface area contributed by atoms with Crippen molar-refractivity contribution in [3.05, 3.63) is 0 Å². The lowest BCUT2D eigenvalue weighted by Gasteiger charge is -2.28. The number of rotatable bonds is 4. The number of halogens is 3. The minimum absolute atomic E-state index is 0.132. The zero-order chi connectivity index (χ0) is 10.6. The van der Waals surface area contributed by atoms with E-state index in [0.29, 0.717) is 0 Å². The summed E-state index contributed by atoms with van der Waals surface area (Å²) in [5.74, 6) is 0. The van der Waals surface area contributed by atoms with E-state index in [1.54, 1.807) is 20.8 Å². The summed E-state index contributed by atoms with van der Waals surface area (Å²) in [6.45, 7) is 4.55. The second kappa shape index (κ2) is 4.81. The highest BCUT2D eigenvalue weighted by molar-refractivity contribution is 4.70. The first-order chi connectivity index (χ1) is 5.72. The van der Waals surface area contributed by atoms with Crippen molar-refractivity contribution in [2.75, 3.05) is 13.1 Å². The van der Waals surface area contributed by atoms with Crippen LogP contribution in [0.15, 0.2) is 0 Å². The molecule has 0 aromatic rings. The fraction of sp³-hybridized carbons (Fsp3) is 1.00. The average molecular weight is 198 g/mol. The van der Waals surface area contributed by atoms with Gasteiger partial charge in [-0.3, -0.25) is 4.90 Å². The standard InChI is InChI=1S/C8H17F3N2/c1-6(2)13(4-7(3)12)5-8(9,10)11/h6-7H,4-5,12H2,1-3H3/t7-/m0/s1. The lowest BCUT2D eigenvalue weighted by Crippen LogP contribution is -2.44. The van der Waals surface area contributed by atoms with E-state index in [1.165, 1.54) is 4.90 Å². The van der Waals surface area contributed by atoms with Gasteiger partial charge in [0.2, 0.25) is 0 Å². The third kappa shape index (κ3) is 6.83. The van der Waals surface area contributed by atoms with Crippen LogP contribution >= 0.6 is 0 Å². The molecule has 0 unspecified atom stereocenters. The minimum Gasteiger partial charge on any atom is -0.327 e. The summed E-state index contributed by atoms with van der Waals surface area (Å²) in [7, 11) is 0. The number of nitrogens with zero attached hydrogens (tertiary/aromatic N) is 1. The molecule has 0 aliphatic rings. The summed E-state index contributed by atoms with van der Waals surface area (Å²) in [5, 5.41) is 0. The Morgan fingerprint density at radius 3 is 1.92 bits per heavy atom. The number of hydrogen-bond acceptors (Lipinski definition) is 2. The van der Waals surface area contributed by atoms with Crippen molar-refractivity contribution >= 4 is 0 Å². The molecule has 0 spiro atoms. The predicted octanol–water partition coefficient (Wildman–Crippen LogP) is 1.61. The Morgan fingerprint density at radius 2 is 1.69 bits per heavy atom. The quantitative estimate of drug-likeness (QED) is 0.743. The Kier molecular flexibility index (Phi) is 4.70. The summed E-state index contributed by atoms with van der Waals surface area (Å²) in [6.07, 6.45) is -4.14. The Balaban J connectivity index is 4.11. The van der Waals surface area contributed by atoms with Crippen molar-refractivity contribution in [2.45, 2.75) is 39.0 Å². The smallest absolute Gasteiger partial charge is 0.327 e. The fourth-order valence-electron chi connectivity index (χ4n) is 1.06. The zero-order valence-electron chi connectivity index (χ0n) is 8.23. The van der Waals surface area contributed by atoms with Crippen LogP contribution in [-0.2, 0) is 0 Å². The first kappa shape index (κ1) is 12.7. The van der Waals surface area contributed by atoms with Crippen LogP contribution < -0.4 is 5.73 Å².